The minimum atomic E-state index is 0.0278. The highest BCUT2D eigenvalue weighted by molar-refractivity contribution is 5.36. The van der Waals surface area contributed by atoms with Crippen LogP contribution in [0, 0.1) is 0 Å². The summed E-state index contributed by atoms with van der Waals surface area (Å²) in [5.41, 5.74) is 0. The van der Waals surface area contributed by atoms with Crippen molar-refractivity contribution in [1.29, 1.82) is 0 Å². The molecule has 0 bridgehead atoms. The predicted octanol–water partition coefficient (Wildman–Crippen LogP) is -0.833. The Kier molecular flexibility index (Phi) is 19.4. The average molecular weight is 180 g/mol. The van der Waals surface area contributed by atoms with Crippen LogP contribution < -0.4 is 0 Å². The molecule has 0 aliphatic heterocycles. The first kappa shape index (κ1) is 13.9. The second-order valence-electron chi connectivity index (χ2n) is 1.61. The number of carbonyl (C=O) groups is 1. The number of rotatable bonds is 6. The zero-order chi connectivity index (χ0) is 9.66. The Labute approximate surface area is 71.9 Å². The molecular formula is C7H16O5. The van der Waals surface area contributed by atoms with Gasteiger partial charge in [0.15, 0.2) is 0 Å². The van der Waals surface area contributed by atoms with Crippen LogP contribution in [0.15, 0.2) is 0 Å². The molecule has 0 aliphatic rings. The lowest BCUT2D eigenvalue weighted by Crippen LogP contribution is -2.03. The lowest BCUT2D eigenvalue weighted by atomic mass is 10.7. The molecule has 0 saturated carbocycles. The molecule has 12 heavy (non-hydrogen) atoms. The van der Waals surface area contributed by atoms with Gasteiger partial charge in [0.2, 0.25) is 0 Å². The molecule has 0 rings (SSSR count). The van der Waals surface area contributed by atoms with Crippen molar-refractivity contribution < 1.29 is 24.5 Å². The zero-order valence-electron chi connectivity index (χ0n) is 7.23. The van der Waals surface area contributed by atoms with Crippen LogP contribution in [0.2, 0.25) is 0 Å². The largest absolute Gasteiger partial charge is 0.468 e. The van der Waals surface area contributed by atoms with Gasteiger partial charge in [-0.25, -0.2) is 0 Å². The van der Waals surface area contributed by atoms with Gasteiger partial charge in [-0.3, -0.25) is 4.79 Å². The van der Waals surface area contributed by atoms with E-state index in [2.05, 4.69) is 9.47 Å². The Morgan fingerprint density at radius 1 is 1.25 bits per heavy atom. The second-order valence-corrected chi connectivity index (χ2v) is 1.61. The number of ether oxygens (including phenoxy) is 2. The van der Waals surface area contributed by atoms with Crippen molar-refractivity contribution in [1.82, 2.24) is 0 Å². The Morgan fingerprint density at radius 2 is 1.75 bits per heavy atom. The molecule has 5 nitrogen and oxygen atoms in total. The number of hydrogen-bond acceptors (Lipinski definition) is 5. The minimum absolute atomic E-state index is 0.0278. The standard InChI is InChI=1S/C4H10O3.C3H6O2/c5-1-3-7-4-2-6;1-2-5-3-4/h5-6H,1-4H2;3H,2H2,1H3. The molecule has 0 aromatic heterocycles. The highest BCUT2D eigenvalue weighted by atomic mass is 16.5. The summed E-state index contributed by atoms with van der Waals surface area (Å²) in [7, 11) is 0. The fourth-order valence-electron chi connectivity index (χ4n) is 0.299. The highest BCUT2D eigenvalue weighted by Crippen LogP contribution is 1.68. The van der Waals surface area contributed by atoms with E-state index in [1.165, 1.54) is 0 Å². The summed E-state index contributed by atoms with van der Waals surface area (Å²) in [5.74, 6) is 0. The molecule has 0 atom stereocenters. The fraction of sp³-hybridized carbons (Fsp3) is 0.857. The van der Waals surface area contributed by atoms with Gasteiger partial charge in [0.1, 0.15) is 0 Å². The Bertz CT molecular complexity index is 72.2. The molecule has 0 heterocycles. The van der Waals surface area contributed by atoms with Gasteiger partial charge in [-0.05, 0) is 6.92 Å². The molecule has 0 aromatic rings. The molecule has 0 unspecified atom stereocenters. The highest BCUT2D eigenvalue weighted by Gasteiger charge is 1.79. The van der Waals surface area contributed by atoms with Crippen molar-refractivity contribution in [3.05, 3.63) is 0 Å². The quantitative estimate of drug-likeness (QED) is 0.412. The van der Waals surface area contributed by atoms with E-state index in [-0.39, 0.29) is 13.2 Å². The summed E-state index contributed by atoms with van der Waals surface area (Å²) in [6.45, 7) is 3.36. The topological polar surface area (TPSA) is 76.0 Å². The van der Waals surface area contributed by atoms with Crippen molar-refractivity contribution in [3.63, 3.8) is 0 Å². The first-order valence-electron chi connectivity index (χ1n) is 3.68. The van der Waals surface area contributed by atoms with Crippen LogP contribution in [-0.2, 0) is 14.3 Å². The van der Waals surface area contributed by atoms with Gasteiger partial charge in [0.25, 0.3) is 6.47 Å². The molecule has 0 saturated heterocycles. The van der Waals surface area contributed by atoms with Crippen LogP contribution in [0.1, 0.15) is 6.92 Å². The molecule has 2 N–H and O–H groups in total. The maximum Gasteiger partial charge on any atom is 0.293 e. The minimum Gasteiger partial charge on any atom is -0.468 e. The molecule has 5 heteroatoms. The van der Waals surface area contributed by atoms with Gasteiger partial charge in [-0.15, -0.1) is 0 Å². The van der Waals surface area contributed by atoms with E-state index >= 15 is 0 Å². The molecule has 0 aliphatic carbocycles. The molecule has 0 radical (unpaired) electrons. The average Bonchev–Trinajstić information content (AvgIpc) is 2.08. The summed E-state index contributed by atoms with van der Waals surface area (Å²) in [4.78, 5) is 9.18. The molecule has 0 spiro atoms. The van der Waals surface area contributed by atoms with E-state index in [9.17, 15) is 4.79 Å². The van der Waals surface area contributed by atoms with Crippen LogP contribution in [0.5, 0.6) is 0 Å². The van der Waals surface area contributed by atoms with Crippen molar-refractivity contribution in [2.24, 2.45) is 0 Å². The number of aliphatic hydroxyl groups excluding tert-OH is 2. The van der Waals surface area contributed by atoms with Crippen molar-refractivity contribution in [2.75, 3.05) is 33.0 Å². The van der Waals surface area contributed by atoms with E-state index < -0.39 is 0 Å². The summed E-state index contributed by atoms with van der Waals surface area (Å²) in [6, 6.07) is 0. The summed E-state index contributed by atoms with van der Waals surface area (Å²) < 4.78 is 8.78. The third kappa shape index (κ3) is 22.8. The second kappa shape index (κ2) is 16.7. The SMILES string of the molecule is CCOC=O.OCCOCCO. The smallest absolute Gasteiger partial charge is 0.293 e. The number of carbonyl (C=O) groups excluding carboxylic acids is 1. The van der Waals surface area contributed by atoms with Crippen LogP contribution in [0.4, 0.5) is 0 Å². The van der Waals surface area contributed by atoms with Gasteiger partial charge in [-0.2, -0.15) is 0 Å². The summed E-state index contributed by atoms with van der Waals surface area (Å²) in [6.07, 6.45) is 0. The monoisotopic (exact) mass is 180 g/mol. The van der Waals surface area contributed by atoms with Crippen molar-refractivity contribution in [2.45, 2.75) is 6.92 Å². The summed E-state index contributed by atoms with van der Waals surface area (Å²) >= 11 is 0. The maximum atomic E-state index is 9.18. The van der Waals surface area contributed by atoms with Gasteiger partial charge >= 0.3 is 0 Å². The van der Waals surface area contributed by atoms with Gasteiger partial charge in [0, 0.05) is 0 Å². The summed E-state index contributed by atoms with van der Waals surface area (Å²) in [5, 5.41) is 16.2. The lowest BCUT2D eigenvalue weighted by molar-refractivity contribution is -0.128. The molecule has 74 valence electrons. The Hall–Kier alpha value is -0.650. The zero-order valence-corrected chi connectivity index (χ0v) is 7.23. The van der Waals surface area contributed by atoms with E-state index in [4.69, 9.17) is 10.2 Å². The van der Waals surface area contributed by atoms with Crippen LogP contribution in [0.25, 0.3) is 0 Å². The van der Waals surface area contributed by atoms with Gasteiger partial charge in [-0.1, -0.05) is 0 Å². The third-order valence-corrected chi connectivity index (χ3v) is 0.706. The van der Waals surface area contributed by atoms with Crippen molar-refractivity contribution in [3.8, 4) is 0 Å². The number of hydrogen-bond donors (Lipinski definition) is 2. The third-order valence-electron chi connectivity index (χ3n) is 0.706. The first-order valence-corrected chi connectivity index (χ1v) is 3.68. The fourth-order valence-corrected chi connectivity index (χ4v) is 0.299. The molecule has 0 aromatic carbocycles. The van der Waals surface area contributed by atoms with Crippen LogP contribution in [0.3, 0.4) is 0 Å². The maximum absolute atomic E-state index is 9.18. The van der Waals surface area contributed by atoms with Crippen molar-refractivity contribution >= 4 is 6.47 Å². The van der Waals surface area contributed by atoms with Gasteiger partial charge in [0.05, 0.1) is 33.0 Å². The lowest BCUT2D eigenvalue weighted by Gasteiger charge is -1.94. The Morgan fingerprint density at radius 3 is 1.92 bits per heavy atom. The Balaban J connectivity index is 0. The predicted molar refractivity (Wildman–Crippen MR) is 42.7 cm³/mol. The number of aliphatic hydroxyl groups is 2. The molecular weight excluding hydrogens is 164 g/mol. The van der Waals surface area contributed by atoms with Gasteiger partial charge < -0.3 is 19.7 Å². The van der Waals surface area contributed by atoms with Crippen LogP contribution >= 0.6 is 0 Å². The normalized spacial score (nSPS) is 8.25. The molecule has 0 amide bonds. The van der Waals surface area contributed by atoms with E-state index in [0.717, 1.165) is 0 Å². The van der Waals surface area contributed by atoms with E-state index in [0.29, 0.717) is 26.3 Å². The van der Waals surface area contributed by atoms with E-state index in [1.54, 1.807) is 6.92 Å². The van der Waals surface area contributed by atoms with E-state index in [1.807, 2.05) is 0 Å². The first-order chi connectivity index (χ1) is 5.83. The van der Waals surface area contributed by atoms with Crippen LogP contribution in [-0.4, -0.2) is 49.7 Å². The molecule has 0 fully saturated rings.